The summed E-state index contributed by atoms with van der Waals surface area (Å²) in [5, 5.41) is 8.10. The van der Waals surface area contributed by atoms with E-state index in [1.165, 1.54) is 0 Å². The molecule has 136 valence electrons. The van der Waals surface area contributed by atoms with Crippen molar-refractivity contribution in [2.24, 2.45) is 0 Å². The van der Waals surface area contributed by atoms with Gasteiger partial charge in [-0.3, -0.25) is 14.6 Å². The monoisotopic (exact) mass is 362 g/mol. The lowest BCUT2D eigenvalue weighted by molar-refractivity contribution is 0.297. The number of hydrogen-bond donors (Lipinski definition) is 0. The van der Waals surface area contributed by atoms with Crippen molar-refractivity contribution < 1.29 is 9.26 Å². The second-order valence-electron chi connectivity index (χ2n) is 5.92. The van der Waals surface area contributed by atoms with E-state index >= 15 is 0 Å². The quantitative estimate of drug-likeness (QED) is 0.466. The number of aryl methyl sites for hydroxylation is 2. The Kier molecular flexibility index (Phi) is 4.86. The molecule has 0 bridgehead atoms. The van der Waals surface area contributed by atoms with E-state index in [0.717, 1.165) is 35.7 Å². The van der Waals surface area contributed by atoms with E-state index in [-0.39, 0.29) is 0 Å². The third-order valence-electron chi connectivity index (χ3n) is 3.90. The second kappa shape index (κ2) is 7.77. The minimum atomic E-state index is 0.524. The molecule has 0 aliphatic rings. The molecule has 0 saturated carbocycles. The van der Waals surface area contributed by atoms with Crippen LogP contribution in [-0.2, 0) is 6.54 Å². The minimum absolute atomic E-state index is 0.524. The molecule has 0 radical (unpaired) electrons. The molecular weight excluding hydrogens is 344 g/mol. The van der Waals surface area contributed by atoms with Crippen LogP contribution in [0.3, 0.4) is 0 Å². The third kappa shape index (κ3) is 4.17. The van der Waals surface area contributed by atoms with E-state index < -0.39 is 0 Å². The second-order valence-corrected chi connectivity index (χ2v) is 5.92. The largest absolute Gasteiger partial charge is 0.492 e. The first kappa shape index (κ1) is 16.9. The van der Waals surface area contributed by atoms with Gasteiger partial charge in [-0.2, -0.15) is 10.1 Å². The molecule has 0 aliphatic carbocycles. The van der Waals surface area contributed by atoms with Gasteiger partial charge in [0.2, 0.25) is 11.7 Å². The van der Waals surface area contributed by atoms with E-state index in [1.807, 2.05) is 41.2 Å². The van der Waals surface area contributed by atoms with Crippen molar-refractivity contribution in [1.29, 1.82) is 0 Å². The first-order valence-corrected chi connectivity index (χ1v) is 8.61. The van der Waals surface area contributed by atoms with Crippen molar-refractivity contribution in [2.45, 2.75) is 19.9 Å². The number of aromatic nitrogens is 6. The Balaban J connectivity index is 1.38. The van der Waals surface area contributed by atoms with Crippen molar-refractivity contribution in [3.8, 4) is 28.5 Å². The van der Waals surface area contributed by atoms with Crippen molar-refractivity contribution in [1.82, 2.24) is 29.9 Å². The summed E-state index contributed by atoms with van der Waals surface area (Å²) in [6, 6.07) is 9.41. The molecule has 0 N–H and O–H groups in total. The first-order valence-electron chi connectivity index (χ1n) is 8.61. The van der Waals surface area contributed by atoms with E-state index in [1.54, 1.807) is 25.5 Å². The average Bonchev–Trinajstić information content (AvgIpc) is 3.38. The van der Waals surface area contributed by atoms with E-state index in [2.05, 4.69) is 25.2 Å². The van der Waals surface area contributed by atoms with Gasteiger partial charge in [0.25, 0.3) is 0 Å². The maximum Gasteiger partial charge on any atom is 0.223 e. The van der Waals surface area contributed by atoms with Crippen LogP contribution in [0.1, 0.15) is 12.3 Å². The summed E-state index contributed by atoms with van der Waals surface area (Å²) in [6.45, 7) is 3.19. The van der Waals surface area contributed by atoms with E-state index in [0.29, 0.717) is 18.3 Å². The molecule has 0 unspecified atom stereocenters. The normalized spacial score (nSPS) is 10.9. The zero-order valence-electron chi connectivity index (χ0n) is 14.8. The van der Waals surface area contributed by atoms with Gasteiger partial charge in [-0.1, -0.05) is 5.16 Å². The molecule has 0 fully saturated rings. The Morgan fingerprint density at radius 1 is 1.11 bits per heavy atom. The molecule has 4 aromatic rings. The summed E-state index contributed by atoms with van der Waals surface area (Å²) < 4.78 is 12.6. The van der Waals surface area contributed by atoms with Crippen molar-refractivity contribution in [3.05, 3.63) is 61.0 Å². The number of rotatable bonds is 7. The molecule has 4 heterocycles. The predicted octanol–water partition coefficient (Wildman–Crippen LogP) is 3.17. The van der Waals surface area contributed by atoms with Crippen LogP contribution in [0.15, 0.2) is 59.6 Å². The van der Waals surface area contributed by atoms with Gasteiger partial charge >= 0.3 is 0 Å². The van der Waals surface area contributed by atoms with Gasteiger partial charge in [0.15, 0.2) is 0 Å². The third-order valence-corrected chi connectivity index (χ3v) is 3.90. The lowest BCUT2D eigenvalue weighted by Crippen LogP contribution is -2.05. The van der Waals surface area contributed by atoms with Gasteiger partial charge in [-0.15, -0.1) is 0 Å². The molecule has 0 saturated heterocycles. The molecule has 27 heavy (non-hydrogen) atoms. The van der Waals surface area contributed by atoms with Crippen molar-refractivity contribution >= 4 is 0 Å². The fraction of sp³-hybridized carbons (Fsp3) is 0.211. The van der Waals surface area contributed by atoms with Crippen LogP contribution in [0.4, 0.5) is 0 Å². The Morgan fingerprint density at radius 2 is 2.07 bits per heavy atom. The standard InChI is InChI=1S/C19H18N6O2/c1-14-23-19(24-27-14)15-6-8-20-18(12-15)17-5-4-16(13-21-17)26-11-3-10-25-9-2-7-22-25/h2,4-9,12-13H,3,10-11H2,1H3. The van der Waals surface area contributed by atoms with Crippen LogP contribution in [0.5, 0.6) is 5.75 Å². The van der Waals surface area contributed by atoms with E-state index in [9.17, 15) is 0 Å². The van der Waals surface area contributed by atoms with Gasteiger partial charge in [0.1, 0.15) is 5.75 Å². The number of hydrogen-bond acceptors (Lipinski definition) is 7. The van der Waals surface area contributed by atoms with Gasteiger partial charge < -0.3 is 9.26 Å². The minimum Gasteiger partial charge on any atom is -0.492 e. The van der Waals surface area contributed by atoms with Gasteiger partial charge in [0, 0.05) is 44.0 Å². The first-order chi connectivity index (χ1) is 13.3. The van der Waals surface area contributed by atoms with Gasteiger partial charge in [-0.05, 0) is 30.3 Å². The zero-order valence-corrected chi connectivity index (χ0v) is 14.8. The Bertz CT molecular complexity index is 995. The zero-order chi connectivity index (χ0) is 18.5. The van der Waals surface area contributed by atoms with Crippen molar-refractivity contribution in [2.75, 3.05) is 6.61 Å². The molecule has 8 nitrogen and oxygen atoms in total. The van der Waals surface area contributed by atoms with Crippen LogP contribution >= 0.6 is 0 Å². The van der Waals surface area contributed by atoms with Crippen LogP contribution in [0.2, 0.25) is 0 Å². The van der Waals surface area contributed by atoms with Crippen molar-refractivity contribution in [3.63, 3.8) is 0 Å². The fourth-order valence-corrected chi connectivity index (χ4v) is 2.59. The SMILES string of the molecule is Cc1nc(-c2ccnc(-c3ccc(OCCCn4cccn4)cn3)c2)no1. The molecule has 0 spiro atoms. The summed E-state index contributed by atoms with van der Waals surface area (Å²) in [4.78, 5) is 13.1. The lowest BCUT2D eigenvalue weighted by atomic mass is 10.1. The molecule has 0 amide bonds. The predicted molar refractivity (Wildman–Crippen MR) is 97.8 cm³/mol. The molecule has 8 heteroatoms. The Labute approximate surface area is 155 Å². The summed E-state index contributed by atoms with van der Waals surface area (Å²) in [6.07, 6.45) is 7.99. The van der Waals surface area contributed by atoms with Crippen LogP contribution in [-0.4, -0.2) is 36.5 Å². The number of ether oxygens (including phenoxy) is 1. The fourth-order valence-electron chi connectivity index (χ4n) is 2.59. The maximum absolute atomic E-state index is 5.73. The Morgan fingerprint density at radius 3 is 2.81 bits per heavy atom. The molecule has 0 aliphatic heterocycles. The molecule has 0 atom stereocenters. The number of nitrogens with zero attached hydrogens (tertiary/aromatic N) is 6. The summed E-state index contributed by atoms with van der Waals surface area (Å²) in [5.74, 6) is 1.79. The summed E-state index contributed by atoms with van der Waals surface area (Å²) >= 11 is 0. The van der Waals surface area contributed by atoms with Crippen LogP contribution in [0, 0.1) is 6.92 Å². The maximum atomic E-state index is 5.73. The van der Waals surface area contributed by atoms with E-state index in [4.69, 9.17) is 9.26 Å². The lowest BCUT2D eigenvalue weighted by Gasteiger charge is -2.07. The molecule has 4 aromatic heterocycles. The highest BCUT2D eigenvalue weighted by Crippen LogP contribution is 2.22. The molecule has 0 aromatic carbocycles. The summed E-state index contributed by atoms with van der Waals surface area (Å²) in [7, 11) is 0. The summed E-state index contributed by atoms with van der Waals surface area (Å²) in [5.41, 5.74) is 2.32. The number of pyridine rings is 2. The highest BCUT2D eigenvalue weighted by Gasteiger charge is 2.09. The average molecular weight is 362 g/mol. The smallest absolute Gasteiger partial charge is 0.223 e. The van der Waals surface area contributed by atoms with Crippen LogP contribution < -0.4 is 4.74 Å². The highest BCUT2D eigenvalue weighted by atomic mass is 16.5. The molecule has 4 rings (SSSR count). The van der Waals surface area contributed by atoms with Gasteiger partial charge in [-0.25, -0.2) is 0 Å². The Hall–Kier alpha value is -3.55. The van der Waals surface area contributed by atoms with Gasteiger partial charge in [0.05, 0.1) is 24.2 Å². The topological polar surface area (TPSA) is 91.8 Å². The highest BCUT2D eigenvalue weighted by molar-refractivity contribution is 5.64. The molecular formula is C19H18N6O2. The van der Waals surface area contributed by atoms with Crippen LogP contribution in [0.25, 0.3) is 22.8 Å².